The van der Waals surface area contributed by atoms with E-state index in [1.807, 2.05) is 21.0 Å². The minimum Gasteiger partial charge on any atom is -0.481 e. The molecule has 1 fully saturated rings. The monoisotopic (exact) mass is 285 g/mol. The molecule has 2 amide bonds. The second-order valence-electron chi connectivity index (χ2n) is 6.30. The van der Waals surface area contributed by atoms with Crippen LogP contribution in [0.25, 0.3) is 0 Å². The fourth-order valence-corrected chi connectivity index (χ4v) is 2.24. The van der Waals surface area contributed by atoms with E-state index in [1.54, 1.807) is 11.8 Å². The summed E-state index contributed by atoms with van der Waals surface area (Å²) in [5.74, 6) is -0.767. The summed E-state index contributed by atoms with van der Waals surface area (Å²) in [5, 5.41) is 12.1. The topological polar surface area (TPSA) is 72.9 Å². The molecule has 0 bridgehead atoms. The predicted octanol–water partition coefficient (Wildman–Crippen LogP) is 1.22. The first-order chi connectivity index (χ1) is 9.24. The quantitative estimate of drug-likeness (QED) is 0.796. The highest BCUT2D eigenvalue weighted by molar-refractivity contribution is 5.77. The second-order valence-corrected chi connectivity index (χ2v) is 6.30. The fourth-order valence-electron chi connectivity index (χ4n) is 2.24. The largest absolute Gasteiger partial charge is 0.481 e. The second kappa shape index (κ2) is 6.92. The van der Waals surface area contributed by atoms with Gasteiger partial charge in [0, 0.05) is 19.1 Å². The van der Waals surface area contributed by atoms with Gasteiger partial charge in [0.05, 0.1) is 5.41 Å². The molecule has 1 unspecified atom stereocenters. The van der Waals surface area contributed by atoms with Crippen LogP contribution in [0.5, 0.6) is 0 Å². The smallest absolute Gasteiger partial charge is 0.317 e. The zero-order chi connectivity index (χ0) is 15.3. The summed E-state index contributed by atoms with van der Waals surface area (Å²) in [6.45, 7) is 5.69. The Morgan fingerprint density at radius 1 is 1.35 bits per heavy atom. The average Bonchev–Trinajstić information content (AvgIpc) is 2.37. The van der Waals surface area contributed by atoms with Gasteiger partial charge in [0.2, 0.25) is 0 Å². The van der Waals surface area contributed by atoms with Crippen molar-refractivity contribution in [3.63, 3.8) is 0 Å². The number of amides is 2. The van der Waals surface area contributed by atoms with Crippen molar-refractivity contribution < 1.29 is 14.7 Å². The molecule has 0 radical (unpaired) electrons. The molecule has 1 rings (SSSR count). The molecule has 20 heavy (non-hydrogen) atoms. The molecule has 1 heterocycles. The highest BCUT2D eigenvalue weighted by Gasteiger charge is 2.38. The number of likely N-dealkylation sites (tertiary alicyclic amines) is 1. The Bertz CT molecular complexity index is 350. The third-order valence-corrected chi connectivity index (χ3v) is 4.05. The van der Waals surface area contributed by atoms with Crippen LogP contribution in [-0.4, -0.2) is 66.7 Å². The van der Waals surface area contributed by atoms with Gasteiger partial charge in [0.25, 0.3) is 0 Å². The molecule has 1 saturated heterocycles. The van der Waals surface area contributed by atoms with Crippen LogP contribution in [0.15, 0.2) is 0 Å². The Morgan fingerprint density at radius 3 is 2.35 bits per heavy atom. The SMILES string of the molecule is CC(CCN(C)C)NC(=O)N1CCC(C)(C(=O)O)CC1. The number of carboxylic acid groups (broad SMARTS) is 1. The molecule has 0 aliphatic carbocycles. The molecule has 0 aromatic rings. The lowest BCUT2D eigenvalue weighted by molar-refractivity contribution is -0.150. The number of hydrogen-bond acceptors (Lipinski definition) is 3. The maximum absolute atomic E-state index is 12.1. The first-order valence-corrected chi connectivity index (χ1v) is 7.18. The first kappa shape index (κ1) is 16.8. The molecular formula is C14H27N3O3. The Balaban J connectivity index is 2.37. The molecule has 116 valence electrons. The lowest BCUT2D eigenvalue weighted by atomic mass is 9.80. The van der Waals surface area contributed by atoms with Crippen molar-refractivity contribution in [2.45, 2.75) is 39.2 Å². The Morgan fingerprint density at radius 2 is 1.90 bits per heavy atom. The molecule has 6 nitrogen and oxygen atoms in total. The Hall–Kier alpha value is -1.30. The maximum atomic E-state index is 12.1. The van der Waals surface area contributed by atoms with Crippen LogP contribution in [-0.2, 0) is 4.79 Å². The fraction of sp³-hybridized carbons (Fsp3) is 0.857. The minimum absolute atomic E-state index is 0.0799. The standard InChI is InChI=1S/C14H27N3O3/c1-11(5-8-16(3)4)15-13(20)17-9-6-14(2,7-10-17)12(18)19/h11H,5-10H2,1-4H3,(H,15,20)(H,18,19). The van der Waals surface area contributed by atoms with E-state index in [9.17, 15) is 9.59 Å². The molecule has 0 aromatic carbocycles. The number of nitrogens with one attached hydrogen (secondary N) is 1. The van der Waals surface area contributed by atoms with Crippen molar-refractivity contribution in [2.24, 2.45) is 5.41 Å². The van der Waals surface area contributed by atoms with Crippen LogP contribution >= 0.6 is 0 Å². The van der Waals surface area contributed by atoms with Crippen LogP contribution in [0.3, 0.4) is 0 Å². The molecule has 0 spiro atoms. The highest BCUT2D eigenvalue weighted by Crippen LogP contribution is 2.30. The van der Waals surface area contributed by atoms with Crippen LogP contribution in [0.1, 0.15) is 33.1 Å². The number of hydrogen-bond donors (Lipinski definition) is 2. The summed E-state index contributed by atoms with van der Waals surface area (Å²) in [4.78, 5) is 27.0. The zero-order valence-electron chi connectivity index (χ0n) is 13.0. The predicted molar refractivity (Wildman–Crippen MR) is 77.7 cm³/mol. The molecule has 6 heteroatoms. The van der Waals surface area contributed by atoms with E-state index in [0.29, 0.717) is 25.9 Å². The number of carboxylic acids is 1. The van der Waals surface area contributed by atoms with Crippen LogP contribution in [0.2, 0.25) is 0 Å². The lowest BCUT2D eigenvalue weighted by Gasteiger charge is -2.36. The summed E-state index contributed by atoms with van der Waals surface area (Å²) in [6.07, 6.45) is 1.93. The van der Waals surface area contributed by atoms with Gasteiger partial charge in [0.15, 0.2) is 0 Å². The van der Waals surface area contributed by atoms with Crippen molar-refractivity contribution in [1.29, 1.82) is 0 Å². The third kappa shape index (κ3) is 4.67. The summed E-state index contributed by atoms with van der Waals surface area (Å²) in [6, 6.07) is 0.0429. The molecule has 1 atom stereocenters. The van der Waals surface area contributed by atoms with Gasteiger partial charge >= 0.3 is 12.0 Å². The average molecular weight is 285 g/mol. The van der Waals surface area contributed by atoms with Gasteiger partial charge in [-0.3, -0.25) is 4.79 Å². The normalized spacial score (nSPS) is 19.8. The Kier molecular flexibility index (Phi) is 5.80. The van der Waals surface area contributed by atoms with E-state index in [-0.39, 0.29) is 12.1 Å². The van der Waals surface area contributed by atoms with E-state index < -0.39 is 11.4 Å². The van der Waals surface area contributed by atoms with Gasteiger partial charge < -0.3 is 20.2 Å². The van der Waals surface area contributed by atoms with E-state index >= 15 is 0 Å². The van der Waals surface area contributed by atoms with Gasteiger partial charge in [-0.15, -0.1) is 0 Å². The number of urea groups is 1. The van der Waals surface area contributed by atoms with Crippen LogP contribution in [0, 0.1) is 5.41 Å². The maximum Gasteiger partial charge on any atom is 0.317 e. The van der Waals surface area contributed by atoms with Crippen molar-refractivity contribution in [3.8, 4) is 0 Å². The van der Waals surface area contributed by atoms with Gasteiger partial charge in [-0.05, 0) is 53.8 Å². The lowest BCUT2D eigenvalue weighted by Crippen LogP contribution is -2.50. The number of piperidine rings is 1. The summed E-state index contributed by atoms with van der Waals surface area (Å²) < 4.78 is 0. The van der Waals surface area contributed by atoms with Gasteiger partial charge in [-0.2, -0.15) is 0 Å². The van der Waals surface area contributed by atoms with Crippen molar-refractivity contribution in [2.75, 3.05) is 33.7 Å². The van der Waals surface area contributed by atoms with E-state index in [0.717, 1.165) is 13.0 Å². The summed E-state index contributed by atoms with van der Waals surface area (Å²) >= 11 is 0. The van der Waals surface area contributed by atoms with Crippen LogP contribution < -0.4 is 5.32 Å². The van der Waals surface area contributed by atoms with Gasteiger partial charge in [-0.1, -0.05) is 0 Å². The number of rotatable bonds is 5. The summed E-state index contributed by atoms with van der Waals surface area (Å²) in [5.41, 5.74) is -0.687. The molecule has 1 aliphatic heterocycles. The number of nitrogens with zero attached hydrogens (tertiary/aromatic N) is 2. The highest BCUT2D eigenvalue weighted by atomic mass is 16.4. The van der Waals surface area contributed by atoms with Gasteiger partial charge in [0.1, 0.15) is 0 Å². The molecule has 1 aliphatic rings. The molecule has 0 saturated carbocycles. The van der Waals surface area contributed by atoms with Crippen molar-refractivity contribution in [1.82, 2.24) is 15.1 Å². The third-order valence-electron chi connectivity index (χ3n) is 4.05. The van der Waals surface area contributed by atoms with Gasteiger partial charge in [-0.25, -0.2) is 4.79 Å². The van der Waals surface area contributed by atoms with E-state index in [1.165, 1.54) is 0 Å². The van der Waals surface area contributed by atoms with Crippen molar-refractivity contribution >= 4 is 12.0 Å². The van der Waals surface area contributed by atoms with E-state index in [4.69, 9.17) is 5.11 Å². The minimum atomic E-state index is -0.767. The summed E-state index contributed by atoms with van der Waals surface area (Å²) in [7, 11) is 4.01. The van der Waals surface area contributed by atoms with E-state index in [2.05, 4.69) is 10.2 Å². The number of aliphatic carboxylic acids is 1. The first-order valence-electron chi connectivity index (χ1n) is 7.18. The van der Waals surface area contributed by atoms with Crippen molar-refractivity contribution in [3.05, 3.63) is 0 Å². The molecule has 2 N–H and O–H groups in total. The Labute approximate surface area is 121 Å². The molecular weight excluding hydrogens is 258 g/mol. The van der Waals surface area contributed by atoms with Crippen LogP contribution in [0.4, 0.5) is 4.79 Å². The molecule has 0 aromatic heterocycles. The number of carbonyl (C=O) groups is 2. The number of carbonyl (C=O) groups excluding carboxylic acids is 1. The zero-order valence-corrected chi connectivity index (χ0v) is 13.0.